The Balaban J connectivity index is 1.54. The van der Waals surface area contributed by atoms with E-state index in [1.807, 2.05) is 6.07 Å². The third-order valence-corrected chi connectivity index (χ3v) is 7.74. The molecule has 10 heteroatoms. The Kier molecular flexibility index (Phi) is 9.94. The normalized spacial score (nSPS) is 12.7. The quantitative estimate of drug-likeness (QED) is 0.242. The molecule has 0 fully saturated rings. The van der Waals surface area contributed by atoms with E-state index in [0.29, 0.717) is 11.1 Å². The van der Waals surface area contributed by atoms with E-state index in [1.165, 1.54) is 0 Å². The molecule has 0 unspecified atom stereocenters. The number of carbonyl (C=O) groups is 2. The lowest BCUT2D eigenvalue weighted by Gasteiger charge is -2.22. The van der Waals surface area contributed by atoms with Crippen LogP contribution in [0.4, 0.5) is 8.78 Å². The summed E-state index contributed by atoms with van der Waals surface area (Å²) in [6.07, 6.45) is 0.177. The maximum Gasteiger partial charge on any atom is 0.329 e. The molecule has 2 N–H and O–H groups in total. The van der Waals surface area contributed by atoms with Gasteiger partial charge in [0.1, 0.15) is 24.3 Å². The molecule has 2 atom stereocenters. The van der Waals surface area contributed by atoms with Gasteiger partial charge in [0.25, 0.3) is 5.91 Å². The van der Waals surface area contributed by atoms with Crippen LogP contribution in [0.1, 0.15) is 21.5 Å². The van der Waals surface area contributed by atoms with Crippen LogP contribution in [0.2, 0.25) is 0 Å². The number of amides is 1. The van der Waals surface area contributed by atoms with Crippen LogP contribution in [0.15, 0.2) is 114 Å². The fourth-order valence-corrected chi connectivity index (χ4v) is 5.57. The number of carbonyl (C=O) groups excluding carboxylic acids is 2. The zero-order valence-corrected chi connectivity index (χ0v) is 22.7. The van der Waals surface area contributed by atoms with Crippen molar-refractivity contribution in [3.63, 3.8) is 0 Å². The number of halogens is 2. The van der Waals surface area contributed by atoms with Gasteiger partial charge < -0.3 is 10.1 Å². The van der Waals surface area contributed by atoms with Crippen LogP contribution in [-0.2, 0) is 32.4 Å². The number of benzene rings is 4. The minimum atomic E-state index is -4.67. The molecule has 0 aliphatic carbocycles. The number of nitrogens with one attached hydrogen (secondary N) is 2. The van der Waals surface area contributed by atoms with E-state index in [-0.39, 0.29) is 12.8 Å². The monoisotopic (exact) mass is 578 g/mol. The first kappa shape index (κ1) is 29.6. The highest BCUT2D eigenvalue weighted by Gasteiger charge is 2.29. The van der Waals surface area contributed by atoms with Crippen molar-refractivity contribution in [1.82, 2.24) is 10.0 Å². The summed E-state index contributed by atoms with van der Waals surface area (Å²) in [6.45, 7) is -0.463. The van der Waals surface area contributed by atoms with Gasteiger partial charge in [-0.3, -0.25) is 4.79 Å². The van der Waals surface area contributed by atoms with Crippen LogP contribution in [0, 0.1) is 11.6 Å². The van der Waals surface area contributed by atoms with Gasteiger partial charge in [0.15, 0.2) is 4.90 Å². The molecule has 4 aromatic rings. The average molecular weight is 579 g/mol. The van der Waals surface area contributed by atoms with Crippen molar-refractivity contribution in [1.29, 1.82) is 0 Å². The van der Waals surface area contributed by atoms with Crippen LogP contribution >= 0.6 is 0 Å². The molecule has 4 aromatic carbocycles. The van der Waals surface area contributed by atoms with Gasteiger partial charge in [0.05, 0.1) is 6.04 Å². The van der Waals surface area contributed by atoms with Gasteiger partial charge in [-0.15, -0.1) is 0 Å². The second-order valence-corrected chi connectivity index (χ2v) is 10.9. The number of hydrogen-bond acceptors (Lipinski definition) is 5. The van der Waals surface area contributed by atoms with Crippen LogP contribution in [0.25, 0.3) is 0 Å². The van der Waals surface area contributed by atoms with Gasteiger partial charge in [-0.25, -0.2) is 26.7 Å². The summed E-state index contributed by atoms with van der Waals surface area (Å²) in [5.74, 6) is -3.79. The van der Waals surface area contributed by atoms with Crippen molar-refractivity contribution < 1.29 is 31.5 Å². The molecule has 1 amide bonds. The molecule has 4 rings (SSSR count). The molecule has 0 saturated carbocycles. The second-order valence-electron chi connectivity index (χ2n) is 9.27. The SMILES string of the molecule is O=C(N[C@@H](Cc1ccccc1)C(=O)OC[C@@H](Cc1ccccc1)NS(=O)(=O)c1c(F)cccc1F)c1ccccc1. The predicted molar refractivity (Wildman–Crippen MR) is 149 cm³/mol. The molecule has 41 heavy (non-hydrogen) atoms. The first-order valence-electron chi connectivity index (χ1n) is 12.8. The van der Waals surface area contributed by atoms with E-state index in [1.54, 1.807) is 84.9 Å². The predicted octanol–water partition coefficient (Wildman–Crippen LogP) is 4.44. The summed E-state index contributed by atoms with van der Waals surface area (Å²) < 4.78 is 62.5. The molecular formula is C31H28F2N2O5S. The molecule has 0 radical (unpaired) electrons. The minimum Gasteiger partial charge on any atom is -0.462 e. The molecule has 0 aliphatic rings. The van der Waals surface area contributed by atoms with E-state index >= 15 is 0 Å². The minimum absolute atomic E-state index is 0.0587. The number of hydrogen-bond donors (Lipinski definition) is 2. The number of esters is 1. The molecule has 0 aromatic heterocycles. The first-order chi connectivity index (χ1) is 19.7. The Morgan fingerprint density at radius 3 is 1.78 bits per heavy atom. The topological polar surface area (TPSA) is 102 Å². The van der Waals surface area contributed by atoms with Crippen molar-refractivity contribution in [3.05, 3.63) is 138 Å². The Labute approximate surface area is 237 Å². The lowest BCUT2D eigenvalue weighted by Crippen LogP contribution is -2.46. The van der Waals surface area contributed by atoms with Crippen molar-refractivity contribution in [2.24, 2.45) is 0 Å². The maximum atomic E-state index is 14.3. The van der Waals surface area contributed by atoms with Crippen molar-refractivity contribution in [2.45, 2.75) is 29.8 Å². The van der Waals surface area contributed by atoms with Crippen LogP contribution < -0.4 is 10.0 Å². The van der Waals surface area contributed by atoms with Crippen LogP contribution in [0.3, 0.4) is 0 Å². The largest absolute Gasteiger partial charge is 0.462 e. The van der Waals surface area contributed by atoms with E-state index in [4.69, 9.17) is 4.74 Å². The fourth-order valence-electron chi connectivity index (χ4n) is 4.21. The molecular weight excluding hydrogens is 550 g/mol. The fraction of sp³-hybridized carbons (Fsp3) is 0.161. The number of sulfonamides is 1. The van der Waals surface area contributed by atoms with Crippen molar-refractivity contribution in [2.75, 3.05) is 6.61 Å². The van der Waals surface area contributed by atoms with Gasteiger partial charge >= 0.3 is 5.97 Å². The van der Waals surface area contributed by atoms with Crippen LogP contribution in [-0.4, -0.2) is 39.0 Å². The third-order valence-electron chi connectivity index (χ3n) is 6.17. The highest BCUT2D eigenvalue weighted by Crippen LogP contribution is 2.19. The molecule has 0 bridgehead atoms. The molecule has 212 valence electrons. The number of rotatable bonds is 12. The highest BCUT2D eigenvalue weighted by molar-refractivity contribution is 7.89. The van der Waals surface area contributed by atoms with Gasteiger partial charge in [-0.05, 0) is 41.8 Å². The Hall–Kier alpha value is -4.41. The van der Waals surface area contributed by atoms with E-state index < -0.39 is 57.1 Å². The smallest absolute Gasteiger partial charge is 0.329 e. The third kappa shape index (κ3) is 8.29. The summed E-state index contributed by atoms with van der Waals surface area (Å²) in [4.78, 5) is 25.0. The summed E-state index contributed by atoms with van der Waals surface area (Å²) >= 11 is 0. The molecule has 7 nitrogen and oxygen atoms in total. The molecule has 0 spiro atoms. The Morgan fingerprint density at radius 2 is 1.22 bits per heavy atom. The van der Waals surface area contributed by atoms with Gasteiger partial charge in [0, 0.05) is 12.0 Å². The maximum absolute atomic E-state index is 14.3. The Morgan fingerprint density at radius 1 is 0.707 bits per heavy atom. The molecule has 0 saturated heterocycles. The zero-order valence-electron chi connectivity index (χ0n) is 21.9. The number of ether oxygens (including phenoxy) is 1. The first-order valence-corrected chi connectivity index (χ1v) is 14.3. The summed E-state index contributed by atoms with van der Waals surface area (Å²) in [5, 5.41) is 2.69. The summed E-state index contributed by atoms with van der Waals surface area (Å²) in [7, 11) is -4.67. The van der Waals surface area contributed by atoms with Gasteiger partial charge in [-0.1, -0.05) is 84.9 Å². The summed E-state index contributed by atoms with van der Waals surface area (Å²) in [6, 6.07) is 26.7. The highest BCUT2D eigenvalue weighted by atomic mass is 32.2. The van der Waals surface area contributed by atoms with E-state index in [0.717, 1.165) is 23.8 Å². The second kappa shape index (κ2) is 13.8. The van der Waals surface area contributed by atoms with Crippen molar-refractivity contribution >= 4 is 21.9 Å². The average Bonchev–Trinajstić information content (AvgIpc) is 2.96. The van der Waals surface area contributed by atoms with E-state index in [2.05, 4.69) is 10.0 Å². The zero-order chi connectivity index (χ0) is 29.2. The molecule has 0 heterocycles. The lowest BCUT2D eigenvalue weighted by molar-refractivity contribution is -0.146. The molecule has 0 aliphatic heterocycles. The van der Waals surface area contributed by atoms with Gasteiger partial charge in [-0.2, -0.15) is 0 Å². The lowest BCUT2D eigenvalue weighted by atomic mass is 10.1. The Bertz CT molecular complexity index is 1550. The van der Waals surface area contributed by atoms with Crippen LogP contribution in [0.5, 0.6) is 0 Å². The standard InChI is InChI=1S/C31H28F2N2O5S/c32-26-17-10-18-27(33)29(26)41(38,39)35-25(19-22-11-4-1-5-12-22)21-40-31(37)28(20-23-13-6-2-7-14-23)34-30(36)24-15-8-3-9-16-24/h1-18,25,28,35H,19-21H2,(H,34,36)/t25-,28+/m1/s1. The summed E-state index contributed by atoms with van der Waals surface area (Å²) in [5.41, 5.74) is 1.81. The van der Waals surface area contributed by atoms with Gasteiger partial charge in [0.2, 0.25) is 10.0 Å². The van der Waals surface area contributed by atoms with E-state index in [9.17, 15) is 26.8 Å². The van der Waals surface area contributed by atoms with Crippen molar-refractivity contribution in [3.8, 4) is 0 Å².